The van der Waals surface area contributed by atoms with Crippen LogP contribution in [0.25, 0.3) is 0 Å². The number of nitrogens with zero attached hydrogens (tertiary/aromatic N) is 1. The van der Waals surface area contributed by atoms with Crippen LogP contribution in [-0.4, -0.2) is 44.6 Å². The van der Waals surface area contributed by atoms with Crippen LogP contribution in [0.3, 0.4) is 0 Å². The van der Waals surface area contributed by atoms with E-state index in [1.807, 2.05) is 18.2 Å². The molecule has 1 N–H and O–H groups in total. The number of nitrogens with one attached hydrogen (secondary N) is 1. The Morgan fingerprint density at radius 2 is 2.00 bits per heavy atom. The van der Waals surface area contributed by atoms with Crippen LogP contribution < -0.4 is 10.1 Å². The van der Waals surface area contributed by atoms with Crippen LogP contribution >= 0.6 is 0 Å². The predicted molar refractivity (Wildman–Crippen MR) is 79.0 cm³/mol. The molecule has 0 aliphatic heterocycles. The first kappa shape index (κ1) is 16.9. The van der Waals surface area contributed by atoms with E-state index in [9.17, 15) is 0 Å². The van der Waals surface area contributed by atoms with Gasteiger partial charge in [0.05, 0.1) is 12.3 Å². The summed E-state index contributed by atoms with van der Waals surface area (Å²) >= 11 is 0. The summed E-state index contributed by atoms with van der Waals surface area (Å²) in [6.45, 7) is 7.49. The van der Waals surface area contributed by atoms with Gasteiger partial charge < -0.3 is 19.5 Å². The standard InChI is InChI=1S/C15H26N2O3/c1-13(2)16-12-14-6-4-7-15(17-14)20-11-10-19-9-5-8-18-3/h4,6-7,13,16H,5,8-12H2,1-3H3. The van der Waals surface area contributed by atoms with E-state index in [-0.39, 0.29) is 0 Å². The maximum Gasteiger partial charge on any atom is 0.213 e. The third-order valence-electron chi connectivity index (χ3n) is 2.59. The molecule has 5 nitrogen and oxygen atoms in total. The van der Waals surface area contributed by atoms with Crippen molar-refractivity contribution in [3.05, 3.63) is 23.9 Å². The highest BCUT2D eigenvalue weighted by Crippen LogP contribution is 2.07. The molecule has 0 aliphatic rings. The molecule has 114 valence electrons. The molecule has 0 fully saturated rings. The van der Waals surface area contributed by atoms with Crippen molar-refractivity contribution in [2.24, 2.45) is 0 Å². The Bertz CT molecular complexity index is 359. The molecule has 0 saturated heterocycles. The van der Waals surface area contributed by atoms with E-state index in [0.717, 1.165) is 25.3 Å². The van der Waals surface area contributed by atoms with Crippen molar-refractivity contribution >= 4 is 0 Å². The number of ether oxygens (including phenoxy) is 3. The number of aromatic nitrogens is 1. The summed E-state index contributed by atoms with van der Waals surface area (Å²) in [5.41, 5.74) is 0.984. The van der Waals surface area contributed by atoms with Crippen LogP contribution in [0.15, 0.2) is 18.2 Å². The molecule has 1 heterocycles. The summed E-state index contributed by atoms with van der Waals surface area (Å²) in [7, 11) is 1.69. The molecule has 5 heteroatoms. The number of rotatable bonds is 11. The summed E-state index contributed by atoms with van der Waals surface area (Å²) in [4.78, 5) is 4.43. The molecule has 0 spiro atoms. The van der Waals surface area contributed by atoms with E-state index in [4.69, 9.17) is 14.2 Å². The van der Waals surface area contributed by atoms with Gasteiger partial charge in [0.2, 0.25) is 5.88 Å². The van der Waals surface area contributed by atoms with Gasteiger partial charge in [0.15, 0.2) is 0 Å². The van der Waals surface area contributed by atoms with Gasteiger partial charge in [-0.1, -0.05) is 19.9 Å². The Kier molecular flexibility index (Phi) is 8.95. The van der Waals surface area contributed by atoms with Crippen LogP contribution in [0.1, 0.15) is 26.0 Å². The lowest BCUT2D eigenvalue weighted by atomic mass is 10.3. The van der Waals surface area contributed by atoms with Gasteiger partial charge in [0.1, 0.15) is 6.61 Å². The van der Waals surface area contributed by atoms with Crippen molar-refractivity contribution < 1.29 is 14.2 Å². The minimum Gasteiger partial charge on any atom is -0.475 e. The first-order valence-electron chi connectivity index (χ1n) is 7.11. The minimum atomic E-state index is 0.446. The Morgan fingerprint density at radius 1 is 1.15 bits per heavy atom. The zero-order chi connectivity index (χ0) is 14.6. The maximum atomic E-state index is 5.56. The molecule has 0 saturated carbocycles. The molecule has 1 aromatic heterocycles. The Labute approximate surface area is 121 Å². The van der Waals surface area contributed by atoms with Crippen molar-refractivity contribution in [1.29, 1.82) is 0 Å². The number of pyridine rings is 1. The number of methoxy groups -OCH3 is 1. The molecular weight excluding hydrogens is 256 g/mol. The van der Waals surface area contributed by atoms with Gasteiger partial charge in [-0.3, -0.25) is 0 Å². The van der Waals surface area contributed by atoms with Gasteiger partial charge >= 0.3 is 0 Å². The van der Waals surface area contributed by atoms with Gasteiger partial charge in [-0.15, -0.1) is 0 Å². The number of hydrogen-bond donors (Lipinski definition) is 1. The van der Waals surface area contributed by atoms with E-state index < -0.39 is 0 Å². The topological polar surface area (TPSA) is 52.6 Å². The van der Waals surface area contributed by atoms with Gasteiger partial charge in [0.25, 0.3) is 0 Å². The lowest BCUT2D eigenvalue weighted by molar-refractivity contribution is 0.0795. The highest BCUT2D eigenvalue weighted by molar-refractivity contribution is 5.15. The fourth-order valence-electron chi connectivity index (χ4n) is 1.56. The second-order valence-corrected chi connectivity index (χ2v) is 4.81. The van der Waals surface area contributed by atoms with E-state index >= 15 is 0 Å². The summed E-state index contributed by atoms with van der Waals surface area (Å²) < 4.78 is 15.9. The molecule has 0 amide bonds. The lowest BCUT2D eigenvalue weighted by Crippen LogP contribution is -2.22. The van der Waals surface area contributed by atoms with E-state index in [0.29, 0.717) is 31.7 Å². The van der Waals surface area contributed by atoms with E-state index in [1.54, 1.807) is 7.11 Å². The molecule has 20 heavy (non-hydrogen) atoms. The summed E-state index contributed by atoms with van der Waals surface area (Å²) in [5.74, 6) is 0.647. The highest BCUT2D eigenvalue weighted by Gasteiger charge is 2.00. The van der Waals surface area contributed by atoms with Crippen LogP contribution in [0.5, 0.6) is 5.88 Å². The van der Waals surface area contributed by atoms with Crippen molar-refractivity contribution in [1.82, 2.24) is 10.3 Å². The second-order valence-electron chi connectivity index (χ2n) is 4.81. The van der Waals surface area contributed by atoms with Crippen LogP contribution in [0.2, 0.25) is 0 Å². The van der Waals surface area contributed by atoms with Crippen molar-refractivity contribution in [2.45, 2.75) is 32.9 Å². The summed E-state index contributed by atoms with van der Waals surface area (Å²) in [5, 5.41) is 3.33. The minimum absolute atomic E-state index is 0.446. The molecule has 0 atom stereocenters. The quantitative estimate of drug-likeness (QED) is 0.629. The smallest absolute Gasteiger partial charge is 0.213 e. The molecule has 0 bridgehead atoms. The third-order valence-corrected chi connectivity index (χ3v) is 2.59. The van der Waals surface area contributed by atoms with Crippen LogP contribution in [-0.2, 0) is 16.0 Å². The third kappa shape index (κ3) is 8.09. The Balaban J connectivity index is 2.18. The molecule has 0 aromatic carbocycles. The molecule has 0 aliphatic carbocycles. The van der Waals surface area contributed by atoms with Crippen LogP contribution in [0.4, 0.5) is 0 Å². The monoisotopic (exact) mass is 282 g/mol. The van der Waals surface area contributed by atoms with Crippen molar-refractivity contribution in [2.75, 3.05) is 33.5 Å². The van der Waals surface area contributed by atoms with E-state index in [1.165, 1.54) is 0 Å². The fraction of sp³-hybridized carbons (Fsp3) is 0.667. The second kappa shape index (κ2) is 10.6. The molecule has 1 aromatic rings. The average Bonchev–Trinajstić information content (AvgIpc) is 2.45. The van der Waals surface area contributed by atoms with Crippen molar-refractivity contribution in [3.63, 3.8) is 0 Å². The predicted octanol–water partition coefficient (Wildman–Crippen LogP) is 2.01. The normalized spacial score (nSPS) is 11.0. The first-order valence-corrected chi connectivity index (χ1v) is 7.11. The highest BCUT2D eigenvalue weighted by atomic mass is 16.5. The SMILES string of the molecule is COCCCOCCOc1cccc(CNC(C)C)n1. The van der Waals surface area contributed by atoms with Gasteiger partial charge in [-0.05, 0) is 12.5 Å². The Hall–Kier alpha value is -1.17. The lowest BCUT2D eigenvalue weighted by Gasteiger charge is -2.10. The number of hydrogen-bond acceptors (Lipinski definition) is 5. The van der Waals surface area contributed by atoms with Crippen LogP contribution in [0, 0.1) is 0 Å². The molecular formula is C15H26N2O3. The van der Waals surface area contributed by atoms with Gasteiger partial charge in [-0.2, -0.15) is 0 Å². The largest absolute Gasteiger partial charge is 0.475 e. The Morgan fingerprint density at radius 3 is 2.75 bits per heavy atom. The maximum absolute atomic E-state index is 5.56. The first-order chi connectivity index (χ1) is 9.72. The summed E-state index contributed by atoms with van der Waals surface area (Å²) in [6, 6.07) is 6.26. The zero-order valence-corrected chi connectivity index (χ0v) is 12.7. The fourth-order valence-corrected chi connectivity index (χ4v) is 1.56. The van der Waals surface area contributed by atoms with Gasteiger partial charge in [-0.25, -0.2) is 4.98 Å². The molecule has 0 radical (unpaired) electrons. The van der Waals surface area contributed by atoms with Crippen molar-refractivity contribution in [3.8, 4) is 5.88 Å². The summed E-state index contributed by atoms with van der Waals surface area (Å²) in [6.07, 6.45) is 0.908. The van der Waals surface area contributed by atoms with E-state index in [2.05, 4.69) is 24.1 Å². The average molecular weight is 282 g/mol. The molecule has 0 unspecified atom stereocenters. The zero-order valence-electron chi connectivity index (χ0n) is 12.7. The van der Waals surface area contributed by atoms with Gasteiger partial charge in [0, 0.05) is 39.0 Å². The molecule has 1 rings (SSSR count).